The average molecular weight is 398 g/mol. The van der Waals surface area contributed by atoms with Crippen molar-refractivity contribution in [2.75, 3.05) is 18.5 Å². The number of rotatable bonds is 10. The van der Waals surface area contributed by atoms with Crippen LogP contribution in [0.3, 0.4) is 0 Å². The second-order valence-electron chi connectivity index (χ2n) is 5.93. The molecule has 0 radical (unpaired) electrons. The molecule has 0 aliphatic heterocycles. The van der Waals surface area contributed by atoms with Crippen LogP contribution < -0.4 is 10.6 Å². The van der Waals surface area contributed by atoms with Crippen LogP contribution in [0.5, 0.6) is 0 Å². The summed E-state index contributed by atoms with van der Waals surface area (Å²) < 4.78 is 9.57. The molecule has 2 rings (SSSR count). The fraction of sp³-hybridized carbons (Fsp3) is 0.238. The number of benzene rings is 2. The number of carbonyl (C=O) groups excluding carboxylic acids is 4. The molecular weight excluding hydrogens is 376 g/mol. The molecule has 1 atom stereocenters. The molecule has 29 heavy (non-hydrogen) atoms. The number of esters is 1. The summed E-state index contributed by atoms with van der Waals surface area (Å²) >= 11 is 0. The lowest BCUT2D eigenvalue weighted by Crippen LogP contribution is -2.44. The molecular formula is C21H22N2O6. The van der Waals surface area contributed by atoms with Crippen LogP contribution in [0.1, 0.15) is 34.1 Å². The Labute approximate surface area is 168 Å². The summed E-state index contributed by atoms with van der Waals surface area (Å²) in [5.74, 6) is -1.36. The lowest BCUT2D eigenvalue weighted by atomic mass is 10.1. The molecule has 0 bridgehead atoms. The van der Waals surface area contributed by atoms with Gasteiger partial charge in [-0.25, -0.2) is 4.79 Å². The molecule has 8 heteroatoms. The number of hydrogen-bond donors (Lipinski definition) is 2. The van der Waals surface area contributed by atoms with Gasteiger partial charge in [-0.05, 0) is 43.3 Å². The molecule has 2 amide bonds. The van der Waals surface area contributed by atoms with E-state index in [9.17, 15) is 19.2 Å². The van der Waals surface area contributed by atoms with Gasteiger partial charge < -0.3 is 20.1 Å². The smallest absolute Gasteiger partial charge is 0.338 e. The lowest BCUT2D eigenvalue weighted by Gasteiger charge is -2.18. The summed E-state index contributed by atoms with van der Waals surface area (Å²) in [4.78, 5) is 47.1. The molecule has 0 unspecified atom stereocenters. The van der Waals surface area contributed by atoms with Gasteiger partial charge in [-0.1, -0.05) is 18.2 Å². The van der Waals surface area contributed by atoms with Crippen LogP contribution in [0, 0.1) is 0 Å². The zero-order chi connectivity index (χ0) is 21.1. The Morgan fingerprint density at radius 1 is 1.00 bits per heavy atom. The Bertz CT molecular complexity index is 836. The third-order valence-corrected chi connectivity index (χ3v) is 3.91. The SMILES string of the molecule is CCOC(=O)c1ccc(NC(=O)[C@@H](CCOC=O)NC(=O)c2ccccc2)cc1. The molecule has 2 aromatic carbocycles. The summed E-state index contributed by atoms with van der Waals surface area (Å²) in [7, 11) is 0. The fourth-order valence-corrected chi connectivity index (χ4v) is 2.47. The van der Waals surface area contributed by atoms with Crippen LogP contribution in [0.2, 0.25) is 0 Å². The minimum Gasteiger partial charge on any atom is -0.468 e. The Morgan fingerprint density at radius 3 is 2.31 bits per heavy atom. The molecule has 0 heterocycles. The molecule has 2 aromatic rings. The molecule has 0 aliphatic rings. The number of ether oxygens (including phenoxy) is 2. The minimum absolute atomic E-state index is 0.0293. The molecule has 0 aromatic heterocycles. The maximum Gasteiger partial charge on any atom is 0.338 e. The van der Waals surface area contributed by atoms with E-state index >= 15 is 0 Å². The van der Waals surface area contributed by atoms with E-state index in [4.69, 9.17) is 4.74 Å². The van der Waals surface area contributed by atoms with Gasteiger partial charge in [-0.3, -0.25) is 14.4 Å². The highest BCUT2D eigenvalue weighted by Crippen LogP contribution is 2.12. The molecule has 2 N–H and O–H groups in total. The molecule has 0 saturated heterocycles. The molecule has 8 nitrogen and oxygen atoms in total. The van der Waals surface area contributed by atoms with Crippen molar-refractivity contribution in [1.82, 2.24) is 5.32 Å². The highest BCUT2D eigenvalue weighted by atomic mass is 16.5. The molecule has 0 saturated carbocycles. The Kier molecular flexibility index (Phi) is 8.37. The first-order chi connectivity index (χ1) is 14.0. The van der Waals surface area contributed by atoms with E-state index in [0.29, 0.717) is 16.8 Å². The van der Waals surface area contributed by atoms with E-state index in [1.54, 1.807) is 49.4 Å². The Balaban J connectivity index is 2.05. The van der Waals surface area contributed by atoms with Gasteiger partial charge in [-0.15, -0.1) is 0 Å². The highest BCUT2D eigenvalue weighted by Gasteiger charge is 2.22. The Hall–Kier alpha value is -3.68. The van der Waals surface area contributed by atoms with E-state index in [-0.39, 0.29) is 26.1 Å². The fourth-order valence-electron chi connectivity index (χ4n) is 2.47. The normalized spacial score (nSPS) is 11.1. The molecule has 0 fully saturated rings. The highest BCUT2D eigenvalue weighted by molar-refractivity contribution is 6.01. The van der Waals surface area contributed by atoms with Crippen molar-refractivity contribution in [2.45, 2.75) is 19.4 Å². The standard InChI is InChI=1S/C21H22N2O6/c1-2-29-21(27)16-8-10-17(11-9-16)22-20(26)18(12-13-28-14-24)23-19(25)15-6-4-3-5-7-15/h3-11,14,18H,2,12-13H2,1H3,(H,22,26)(H,23,25)/t18-/m1/s1. The maximum atomic E-state index is 12.6. The summed E-state index contributed by atoms with van der Waals surface area (Å²) in [5.41, 5.74) is 1.21. The van der Waals surface area contributed by atoms with Gasteiger partial charge >= 0.3 is 5.97 Å². The van der Waals surface area contributed by atoms with Gasteiger partial charge in [0.25, 0.3) is 12.4 Å². The van der Waals surface area contributed by atoms with Crippen LogP contribution in [-0.4, -0.2) is 43.5 Å². The maximum absolute atomic E-state index is 12.6. The van der Waals surface area contributed by atoms with E-state index in [1.807, 2.05) is 0 Å². The van der Waals surface area contributed by atoms with Gasteiger partial charge in [0.05, 0.1) is 18.8 Å². The average Bonchev–Trinajstić information content (AvgIpc) is 2.74. The van der Waals surface area contributed by atoms with Gasteiger partial charge in [-0.2, -0.15) is 0 Å². The van der Waals surface area contributed by atoms with Crippen LogP contribution in [0.15, 0.2) is 54.6 Å². The molecule has 0 aliphatic carbocycles. The van der Waals surface area contributed by atoms with E-state index in [2.05, 4.69) is 15.4 Å². The van der Waals surface area contributed by atoms with Crippen molar-refractivity contribution in [1.29, 1.82) is 0 Å². The summed E-state index contributed by atoms with van der Waals surface area (Å²) in [5, 5.41) is 5.31. The van der Waals surface area contributed by atoms with Gasteiger partial charge in [0.15, 0.2) is 0 Å². The van der Waals surface area contributed by atoms with E-state index < -0.39 is 23.8 Å². The number of hydrogen-bond acceptors (Lipinski definition) is 6. The predicted octanol–water partition coefficient (Wildman–Crippen LogP) is 2.16. The largest absolute Gasteiger partial charge is 0.468 e. The van der Waals surface area contributed by atoms with Crippen molar-refractivity contribution >= 4 is 29.9 Å². The van der Waals surface area contributed by atoms with Crippen LogP contribution in [-0.2, 0) is 19.1 Å². The summed E-state index contributed by atoms with van der Waals surface area (Å²) in [6, 6.07) is 13.7. The Morgan fingerprint density at radius 2 is 1.69 bits per heavy atom. The number of carbonyl (C=O) groups is 4. The third-order valence-electron chi connectivity index (χ3n) is 3.91. The first-order valence-electron chi connectivity index (χ1n) is 9.04. The number of anilines is 1. The van der Waals surface area contributed by atoms with Crippen LogP contribution in [0.25, 0.3) is 0 Å². The van der Waals surface area contributed by atoms with Crippen molar-refractivity contribution in [3.8, 4) is 0 Å². The monoisotopic (exact) mass is 398 g/mol. The van der Waals surface area contributed by atoms with Crippen LogP contribution in [0.4, 0.5) is 5.69 Å². The first-order valence-corrected chi connectivity index (χ1v) is 9.04. The van der Waals surface area contributed by atoms with E-state index in [1.165, 1.54) is 12.1 Å². The molecule has 152 valence electrons. The molecule has 0 spiro atoms. The van der Waals surface area contributed by atoms with Gasteiger partial charge in [0.2, 0.25) is 5.91 Å². The van der Waals surface area contributed by atoms with Crippen molar-refractivity contribution < 1.29 is 28.7 Å². The van der Waals surface area contributed by atoms with Crippen molar-refractivity contribution in [2.24, 2.45) is 0 Å². The van der Waals surface area contributed by atoms with Gasteiger partial charge in [0.1, 0.15) is 6.04 Å². The number of amides is 2. The lowest BCUT2D eigenvalue weighted by molar-refractivity contribution is -0.129. The second kappa shape index (κ2) is 11.2. The van der Waals surface area contributed by atoms with Crippen molar-refractivity contribution in [3.05, 3.63) is 65.7 Å². The predicted molar refractivity (Wildman–Crippen MR) is 105 cm³/mol. The minimum atomic E-state index is -0.924. The van der Waals surface area contributed by atoms with Crippen LogP contribution >= 0.6 is 0 Å². The zero-order valence-corrected chi connectivity index (χ0v) is 15.9. The third kappa shape index (κ3) is 6.76. The van der Waals surface area contributed by atoms with Crippen molar-refractivity contribution in [3.63, 3.8) is 0 Å². The summed E-state index contributed by atoms with van der Waals surface area (Å²) in [6.45, 7) is 2.23. The van der Waals surface area contributed by atoms with E-state index in [0.717, 1.165) is 0 Å². The topological polar surface area (TPSA) is 111 Å². The van der Waals surface area contributed by atoms with Gasteiger partial charge in [0, 0.05) is 17.7 Å². The summed E-state index contributed by atoms with van der Waals surface area (Å²) in [6.07, 6.45) is 0.101. The zero-order valence-electron chi connectivity index (χ0n) is 15.9. The quantitative estimate of drug-likeness (QED) is 0.360. The number of nitrogens with one attached hydrogen (secondary N) is 2. The first kappa shape index (κ1) is 21.6. The second-order valence-corrected chi connectivity index (χ2v) is 5.93.